The summed E-state index contributed by atoms with van der Waals surface area (Å²) in [5.41, 5.74) is 0.873. The molecule has 0 spiro atoms. The minimum absolute atomic E-state index is 0.167. The van der Waals surface area contributed by atoms with E-state index >= 15 is 0 Å². The maximum atomic E-state index is 11.3. The molecule has 16 heavy (non-hydrogen) atoms. The molecule has 0 atom stereocenters. The van der Waals surface area contributed by atoms with Gasteiger partial charge in [0.2, 0.25) is 0 Å². The van der Waals surface area contributed by atoms with Crippen molar-refractivity contribution in [2.45, 2.75) is 53.0 Å². The van der Waals surface area contributed by atoms with Gasteiger partial charge in [-0.25, -0.2) is 4.79 Å². The third kappa shape index (κ3) is 8.48. The van der Waals surface area contributed by atoms with Crippen LogP contribution in [0, 0.1) is 0 Å². The van der Waals surface area contributed by atoms with Gasteiger partial charge in [0.25, 0.3) is 0 Å². The highest BCUT2D eigenvalue weighted by Crippen LogP contribution is 2.03. The van der Waals surface area contributed by atoms with Gasteiger partial charge in [-0.15, -0.1) is 0 Å². The summed E-state index contributed by atoms with van der Waals surface area (Å²) in [5, 5.41) is 3.40. The molecule has 0 aromatic rings. The zero-order valence-corrected chi connectivity index (χ0v) is 11.2. The van der Waals surface area contributed by atoms with Crippen LogP contribution < -0.4 is 5.32 Å². The van der Waals surface area contributed by atoms with Gasteiger partial charge in [0.05, 0.1) is 6.61 Å². The Morgan fingerprint density at radius 2 is 2.00 bits per heavy atom. The van der Waals surface area contributed by atoms with Crippen molar-refractivity contribution in [2.24, 2.45) is 0 Å². The van der Waals surface area contributed by atoms with Crippen molar-refractivity contribution >= 4 is 5.97 Å². The highest BCUT2D eigenvalue weighted by molar-refractivity contribution is 5.87. The second-order valence-corrected chi connectivity index (χ2v) is 4.93. The summed E-state index contributed by atoms with van der Waals surface area (Å²) in [6, 6.07) is 0. The Balaban J connectivity index is 3.71. The lowest BCUT2D eigenvalue weighted by molar-refractivity contribution is -0.138. The van der Waals surface area contributed by atoms with Crippen LogP contribution in [0.4, 0.5) is 0 Å². The number of carbonyl (C=O) groups excluding carboxylic acids is 1. The fraction of sp³-hybridized carbons (Fsp3) is 0.769. The molecule has 94 valence electrons. The van der Waals surface area contributed by atoms with E-state index in [0.717, 1.165) is 19.4 Å². The molecule has 1 N–H and O–H groups in total. The van der Waals surface area contributed by atoms with Crippen molar-refractivity contribution in [3.8, 4) is 0 Å². The van der Waals surface area contributed by atoms with E-state index in [1.54, 1.807) is 6.92 Å². The molecule has 0 aromatic heterocycles. The summed E-state index contributed by atoms with van der Waals surface area (Å²) >= 11 is 0. The Morgan fingerprint density at radius 1 is 1.38 bits per heavy atom. The van der Waals surface area contributed by atoms with Crippen LogP contribution in [-0.2, 0) is 9.53 Å². The number of unbranched alkanes of at least 4 members (excludes halogenated alkanes) is 1. The van der Waals surface area contributed by atoms with E-state index < -0.39 is 0 Å². The lowest BCUT2D eigenvalue weighted by Gasteiger charge is -2.20. The van der Waals surface area contributed by atoms with Gasteiger partial charge in [0.15, 0.2) is 0 Å². The molecule has 0 fully saturated rings. The molecule has 0 aliphatic rings. The Morgan fingerprint density at radius 3 is 2.50 bits per heavy atom. The SMILES string of the molecule is CCOC(=O)/C(C)=C/CCCNC(C)(C)C. The molecule has 0 saturated heterocycles. The van der Waals surface area contributed by atoms with Crippen molar-refractivity contribution < 1.29 is 9.53 Å². The van der Waals surface area contributed by atoms with Crippen molar-refractivity contribution in [2.75, 3.05) is 13.2 Å². The first-order valence-electron chi connectivity index (χ1n) is 5.95. The quantitative estimate of drug-likeness (QED) is 0.431. The summed E-state index contributed by atoms with van der Waals surface area (Å²) < 4.78 is 4.89. The number of rotatable bonds is 6. The van der Waals surface area contributed by atoms with Crippen LogP contribution >= 0.6 is 0 Å². The normalized spacial score (nSPS) is 12.7. The smallest absolute Gasteiger partial charge is 0.333 e. The zero-order chi connectivity index (χ0) is 12.6. The van der Waals surface area contributed by atoms with Crippen LogP contribution in [0.3, 0.4) is 0 Å². The van der Waals surface area contributed by atoms with Gasteiger partial charge < -0.3 is 10.1 Å². The summed E-state index contributed by atoms with van der Waals surface area (Å²) in [7, 11) is 0. The number of nitrogens with one attached hydrogen (secondary N) is 1. The maximum absolute atomic E-state index is 11.3. The fourth-order valence-corrected chi connectivity index (χ4v) is 1.21. The first kappa shape index (κ1) is 15.2. The number of allylic oxidation sites excluding steroid dienone is 1. The average molecular weight is 227 g/mol. The molecule has 0 unspecified atom stereocenters. The molecule has 0 radical (unpaired) electrons. The number of esters is 1. The highest BCUT2D eigenvalue weighted by Gasteiger charge is 2.07. The molecule has 0 rings (SSSR count). The summed E-state index contributed by atoms with van der Waals surface area (Å²) in [6.07, 6.45) is 3.89. The van der Waals surface area contributed by atoms with Gasteiger partial charge in [-0.1, -0.05) is 6.08 Å². The van der Waals surface area contributed by atoms with E-state index in [9.17, 15) is 4.79 Å². The molecule has 3 heteroatoms. The Labute approximate surface area is 99.3 Å². The Kier molecular flexibility index (Phi) is 7.06. The minimum atomic E-state index is -0.203. The van der Waals surface area contributed by atoms with E-state index in [2.05, 4.69) is 26.1 Å². The molecular formula is C13H25NO2. The first-order chi connectivity index (χ1) is 7.37. The standard InChI is InChI=1S/C13H25NO2/c1-6-16-12(15)11(2)9-7-8-10-14-13(3,4)5/h9,14H,6-8,10H2,1-5H3/b11-9+. The molecule has 0 aliphatic heterocycles. The first-order valence-corrected chi connectivity index (χ1v) is 5.95. The van der Waals surface area contributed by atoms with Crippen LogP contribution in [0.15, 0.2) is 11.6 Å². The van der Waals surface area contributed by atoms with Crippen LogP contribution in [0.25, 0.3) is 0 Å². The summed E-state index contributed by atoms with van der Waals surface area (Å²) in [4.78, 5) is 11.3. The molecule has 0 heterocycles. The van der Waals surface area contributed by atoms with Crippen LogP contribution in [0.2, 0.25) is 0 Å². The van der Waals surface area contributed by atoms with E-state index in [0.29, 0.717) is 12.2 Å². The van der Waals surface area contributed by atoms with E-state index in [1.807, 2.05) is 13.0 Å². The predicted octanol–water partition coefficient (Wildman–Crippen LogP) is 2.66. The molecule has 0 bridgehead atoms. The second-order valence-electron chi connectivity index (χ2n) is 4.93. The third-order valence-electron chi connectivity index (χ3n) is 2.08. The van der Waals surface area contributed by atoms with Crippen LogP contribution in [-0.4, -0.2) is 24.7 Å². The van der Waals surface area contributed by atoms with Gasteiger partial charge >= 0.3 is 5.97 Å². The largest absolute Gasteiger partial charge is 0.463 e. The number of ether oxygens (including phenoxy) is 1. The van der Waals surface area contributed by atoms with E-state index in [1.165, 1.54) is 0 Å². The molecule has 0 aliphatic carbocycles. The molecule has 3 nitrogen and oxygen atoms in total. The third-order valence-corrected chi connectivity index (χ3v) is 2.08. The predicted molar refractivity (Wildman–Crippen MR) is 67.4 cm³/mol. The number of hydrogen-bond donors (Lipinski definition) is 1. The monoisotopic (exact) mass is 227 g/mol. The number of carbonyl (C=O) groups is 1. The topological polar surface area (TPSA) is 38.3 Å². The zero-order valence-electron chi connectivity index (χ0n) is 11.2. The van der Waals surface area contributed by atoms with Gasteiger partial charge in [0.1, 0.15) is 0 Å². The van der Waals surface area contributed by atoms with Gasteiger partial charge in [-0.3, -0.25) is 0 Å². The lowest BCUT2D eigenvalue weighted by Crippen LogP contribution is -2.36. The van der Waals surface area contributed by atoms with Crippen LogP contribution in [0.1, 0.15) is 47.5 Å². The van der Waals surface area contributed by atoms with Crippen molar-refractivity contribution in [1.29, 1.82) is 0 Å². The van der Waals surface area contributed by atoms with Crippen molar-refractivity contribution in [1.82, 2.24) is 5.32 Å². The summed E-state index contributed by atoms with van der Waals surface area (Å²) in [6.45, 7) is 11.5. The molecule has 0 amide bonds. The van der Waals surface area contributed by atoms with Gasteiger partial charge in [-0.2, -0.15) is 0 Å². The van der Waals surface area contributed by atoms with E-state index in [4.69, 9.17) is 4.74 Å². The van der Waals surface area contributed by atoms with Crippen LogP contribution in [0.5, 0.6) is 0 Å². The minimum Gasteiger partial charge on any atom is -0.463 e. The Bertz CT molecular complexity index is 239. The molecule has 0 aromatic carbocycles. The second kappa shape index (κ2) is 7.44. The average Bonchev–Trinajstić information content (AvgIpc) is 2.15. The van der Waals surface area contributed by atoms with Crippen molar-refractivity contribution in [3.63, 3.8) is 0 Å². The molecular weight excluding hydrogens is 202 g/mol. The Hall–Kier alpha value is -0.830. The molecule has 0 saturated carbocycles. The van der Waals surface area contributed by atoms with Crippen molar-refractivity contribution in [3.05, 3.63) is 11.6 Å². The fourth-order valence-electron chi connectivity index (χ4n) is 1.21. The van der Waals surface area contributed by atoms with Gasteiger partial charge in [0, 0.05) is 11.1 Å². The highest BCUT2D eigenvalue weighted by atomic mass is 16.5. The summed E-state index contributed by atoms with van der Waals surface area (Å²) in [5.74, 6) is -0.203. The van der Waals surface area contributed by atoms with Gasteiger partial charge in [-0.05, 0) is 54.0 Å². The van der Waals surface area contributed by atoms with E-state index in [-0.39, 0.29) is 11.5 Å². The maximum Gasteiger partial charge on any atom is 0.333 e. The number of hydrogen-bond acceptors (Lipinski definition) is 3. The lowest BCUT2D eigenvalue weighted by atomic mass is 10.1.